The number of rotatable bonds is 5. The molecular weight excluding hydrogens is 437 g/mol. The summed E-state index contributed by atoms with van der Waals surface area (Å²) in [5.41, 5.74) is -0.0565. The molecule has 0 unspecified atom stereocenters. The molecule has 1 atom stereocenters. The molecule has 1 heterocycles. The second-order valence-corrected chi connectivity index (χ2v) is 8.51. The van der Waals surface area contributed by atoms with E-state index in [9.17, 15) is 14.7 Å². The summed E-state index contributed by atoms with van der Waals surface area (Å²) < 4.78 is 0. The van der Waals surface area contributed by atoms with Crippen molar-refractivity contribution in [3.8, 4) is 0 Å². The first-order chi connectivity index (χ1) is 14.9. The SMILES string of the molecule is O=C1Nc2ccccc2[C@](O)(C(=O)NCCC2=CCCCC2)N1c1ccc(Cl)c(Cl)c1. The summed E-state index contributed by atoms with van der Waals surface area (Å²) in [6, 6.07) is 10.5. The van der Waals surface area contributed by atoms with E-state index in [0.29, 0.717) is 23.7 Å². The minimum Gasteiger partial charge on any atom is -0.359 e. The predicted octanol–water partition coefficient (Wildman–Crippen LogP) is 5.20. The van der Waals surface area contributed by atoms with Crippen LogP contribution in [0.15, 0.2) is 54.1 Å². The Bertz CT molecular complexity index is 1060. The van der Waals surface area contributed by atoms with Crippen molar-refractivity contribution >= 4 is 46.5 Å². The molecule has 0 saturated carbocycles. The van der Waals surface area contributed by atoms with Gasteiger partial charge in [-0.05, 0) is 56.4 Å². The number of hydrogen-bond acceptors (Lipinski definition) is 3. The van der Waals surface area contributed by atoms with Gasteiger partial charge in [0.25, 0.3) is 11.6 Å². The van der Waals surface area contributed by atoms with E-state index in [1.54, 1.807) is 24.3 Å². The molecule has 0 fully saturated rings. The van der Waals surface area contributed by atoms with Gasteiger partial charge in [0.1, 0.15) is 0 Å². The zero-order valence-corrected chi connectivity index (χ0v) is 18.3. The fourth-order valence-corrected chi connectivity index (χ4v) is 4.37. The van der Waals surface area contributed by atoms with Gasteiger partial charge in [-0.15, -0.1) is 0 Å². The number of nitrogens with one attached hydrogen (secondary N) is 2. The number of allylic oxidation sites excluding steroid dienone is 1. The molecule has 162 valence electrons. The number of urea groups is 1. The minimum atomic E-state index is -2.25. The molecule has 3 N–H and O–H groups in total. The van der Waals surface area contributed by atoms with Crippen molar-refractivity contribution in [1.29, 1.82) is 0 Å². The average Bonchev–Trinajstić information content (AvgIpc) is 2.77. The van der Waals surface area contributed by atoms with Crippen molar-refractivity contribution in [2.45, 2.75) is 37.8 Å². The van der Waals surface area contributed by atoms with Gasteiger partial charge in [-0.3, -0.25) is 9.69 Å². The van der Waals surface area contributed by atoms with Crippen LogP contribution in [0.25, 0.3) is 0 Å². The highest BCUT2D eigenvalue weighted by molar-refractivity contribution is 6.42. The summed E-state index contributed by atoms with van der Waals surface area (Å²) in [7, 11) is 0. The Hall–Kier alpha value is -2.54. The molecule has 0 saturated heterocycles. The van der Waals surface area contributed by atoms with E-state index in [2.05, 4.69) is 16.7 Å². The van der Waals surface area contributed by atoms with Gasteiger partial charge >= 0.3 is 6.03 Å². The minimum absolute atomic E-state index is 0.206. The van der Waals surface area contributed by atoms with Crippen molar-refractivity contribution in [2.75, 3.05) is 16.8 Å². The van der Waals surface area contributed by atoms with Crippen molar-refractivity contribution < 1.29 is 14.7 Å². The van der Waals surface area contributed by atoms with Gasteiger partial charge in [-0.25, -0.2) is 4.79 Å². The third-order valence-corrected chi connectivity index (χ3v) is 6.40. The number of carbonyl (C=O) groups is 2. The van der Waals surface area contributed by atoms with Crippen LogP contribution in [0.1, 0.15) is 37.7 Å². The summed E-state index contributed by atoms with van der Waals surface area (Å²) in [6.07, 6.45) is 7.37. The highest BCUT2D eigenvalue weighted by Gasteiger charge is 2.51. The standard InChI is InChI=1S/C23H23Cl2N3O3/c24-18-11-10-16(14-19(18)25)28-22(30)27-20-9-5-4-8-17(20)23(28,31)21(29)26-13-12-15-6-2-1-3-7-15/h4-6,8-11,14,31H,1-3,7,12-13H2,(H,26,29)(H,27,30)/t23-/m0/s1. The largest absolute Gasteiger partial charge is 0.359 e. The van der Waals surface area contributed by atoms with E-state index < -0.39 is 17.7 Å². The van der Waals surface area contributed by atoms with E-state index >= 15 is 0 Å². The molecule has 3 amide bonds. The van der Waals surface area contributed by atoms with Gasteiger partial charge in [-0.2, -0.15) is 0 Å². The molecule has 0 bridgehead atoms. The van der Waals surface area contributed by atoms with Crippen LogP contribution in [0.5, 0.6) is 0 Å². The quantitative estimate of drug-likeness (QED) is 0.537. The van der Waals surface area contributed by atoms with E-state index in [1.165, 1.54) is 30.2 Å². The highest BCUT2D eigenvalue weighted by atomic mass is 35.5. The van der Waals surface area contributed by atoms with Gasteiger partial charge in [-0.1, -0.05) is 53.1 Å². The molecule has 2 aliphatic rings. The molecule has 1 aliphatic heterocycles. The van der Waals surface area contributed by atoms with Crippen LogP contribution in [0.3, 0.4) is 0 Å². The summed E-state index contributed by atoms with van der Waals surface area (Å²) in [5, 5.41) is 17.8. The number of para-hydroxylation sites is 1. The van der Waals surface area contributed by atoms with Crippen LogP contribution in [0.4, 0.5) is 16.2 Å². The number of nitrogens with zero attached hydrogens (tertiary/aromatic N) is 1. The molecule has 2 aromatic rings. The van der Waals surface area contributed by atoms with E-state index in [-0.39, 0.29) is 16.3 Å². The van der Waals surface area contributed by atoms with Crippen molar-refractivity contribution in [3.63, 3.8) is 0 Å². The average molecular weight is 460 g/mol. The Labute approximate surface area is 190 Å². The van der Waals surface area contributed by atoms with Crippen molar-refractivity contribution in [3.05, 3.63) is 69.7 Å². The maximum atomic E-state index is 13.3. The second-order valence-electron chi connectivity index (χ2n) is 7.70. The summed E-state index contributed by atoms with van der Waals surface area (Å²) in [6.45, 7) is 0.367. The Morgan fingerprint density at radius 3 is 2.71 bits per heavy atom. The molecule has 31 heavy (non-hydrogen) atoms. The zero-order chi connectivity index (χ0) is 22.0. The lowest BCUT2D eigenvalue weighted by Gasteiger charge is -2.42. The number of fused-ring (bicyclic) bond motifs is 1. The van der Waals surface area contributed by atoms with Crippen molar-refractivity contribution in [2.24, 2.45) is 0 Å². The molecule has 0 radical (unpaired) electrons. The Kier molecular flexibility index (Phi) is 6.23. The summed E-state index contributed by atoms with van der Waals surface area (Å²) in [5.74, 6) is -0.683. The van der Waals surface area contributed by atoms with E-state index in [1.807, 2.05) is 0 Å². The first kappa shape index (κ1) is 21.7. The Morgan fingerprint density at radius 2 is 1.97 bits per heavy atom. The number of aliphatic hydroxyl groups is 1. The monoisotopic (exact) mass is 459 g/mol. The molecule has 6 nitrogen and oxygen atoms in total. The van der Waals surface area contributed by atoms with Crippen LogP contribution >= 0.6 is 23.2 Å². The fraction of sp³-hybridized carbons (Fsp3) is 0.304. The maximum Gasteiger partial charge on any atom is 0.329 e. The smallest absolute Gasteiger partial charge is 0.329 e. The molecule has 1 aliphatic carbocycles. The fourth-order valence-electron chi connectivity index (χ4n) is 4.08. The first-order valence-electron chi connectivity index (χ1n) is 10.3. The van der Waals surface area contributed by atoms with Crippen molar-refractivity contribution in [1.82, 2.24) is 5.32 Å². The predicted molar refractivity (Wildman–Crippen MR) is 122 cm³/mol. The van der Waals surface area contributed by atoms with Crippen LogP contribution in [-0.2, 0) is 10.5 Å². The van der Waals surface area contributed by atoms with Crippen LogP contribution in [0.2, 0.25) is 10.0 Å². The summed E-state index contributed by atoms with van der Waals surface area (Å²) in [4.78, 5) is 27.3. The lowest BCUT2D eigenvalue weighted by molar-refractivity contribution is -0.140. The molecule has 4 rings (SSSR count). The van der Waals surface area contributed by atoms with Crippen LogP contribution < -0.4 is 15.5 Å². The Morgan fingerprint density at radius 1 is 1.16 bits per heavy atom. The third-order valence-electron chi connectivity index (χ3n) is 5.67. The normalized spacial score (nSPS) is 20.5. The molecule has 0 aromatic heterocycles. The summed E-state index contributed by atoms with van der Waals surface area (Å²) >= 11 is 12.2. The maximum absolute atomic E-state index is 13.3. The molecule has 0 spiro atoms. The third kappa shape index (κ3) is 4.15. The zero-order valence-electron chi connectivity index (χ0n) is 16.8. The second kappa shape index (κ2) is 8.91. The van der Waals surface area contributed by atoms with Gasteiger partial charge in [0, 0.05) is 12.1 Å². The Balaban J connectivity index is 1.68. The van der Waals surface area contributed by atoms with E-state index in [4.69, 9.17) is 23.2 Å². The number of anilines is 2. The van der Waals surface area contributed by atoms with Gasteiger partial charge in [0.15, 0.2) is 0 Å². The van der Waals surface area contributed by atoms with Crippen LogP contribution in [0, 0.1) is 0 Å². The van der Waals surface area contributed by atoms with Crippen LogP contribution in [-0.4, -0.2) is 23.6 Å². The number of benzene rings is 2. The first-order valence-corrected chi connectivity index (χ1v) is 11.0. The van der Waals surface area contributed by atoms with Gasteiger partial charge < -0.3 is 15.7 Å². The number of halogens is 2. The van der Waals surface area contributed by atoms with Gasteiger partial charge in [0.05, 0.1) is 21.4 Å². The van der Waals surface area contributed by atoms with E-state index in [0.717, 1.165) is 24.2 Å². The number of amides is 3. The molecule has 8 heteroatoms. The van der Waals surface area contributed by atoms with Gasteiger partial charge in [0.2, 0.25) is 0 Å². The highest BCUT2D eigenvalue weighted by Crippen LogP contribution is 2.41. The topological polar surface area (TPSA) is 81.7 Å². The number of hydrogen-bond donors (Lipinski definition) is 3. The molecular formula is C23H23Cl2N3O3. The lowest BCUT2D eigenvalue weighted by atomic mass is 9.94. The molecule has 2 aromatic carbocycles. The number of carbonyl (C=O) groups excluding carboxylic acids is 2. The lowest BCUT2D eigenvalue weighted by Crippen LogP contribution is -2.62.